The van der Waals surface area contributed by atoms with Crippen molar-refractivity contribution in [3.63, 3.8) is 0 Å². The number of hydrogen-bond acceptors (Lipinski definition) is 5. The van der Waals surface area contributed by atoms with E-state index in [4.69, 9.17) is 33.7 Å². The van der Waals surface area contributed by atoms with Gasteiger partial charge in [-0.05, 0) is 51.1 Å². The van der Waals surface area contributed by atoms with Crippen LogP contribution in [0.3, 0.4) is 0 Å². The Bertz CT molecular complexity index is 1420. The van der Waals surface area contributed by atoms with Gasteiger partial charge in [-0.15, -0.1) is 0 Å². The molecule has 4 aromatic rings. The largest absolute Gasteiger partial charge is 0.490 e. The van der Waals surface area contributed by atoms with Gasteiger partial charge in [-0.25, -0.2) is 14.4 Å². The molecule has 0 aliphatic heterocycles. The summed E-state index contributed by atoms with van der Waals surface area (Å²) in [6.07, 6.45) is 2.98. The number of hydrogen-bond donors (Lipinski definition) is 2. The monoisotopic (exact) mass is 515 g/mol. The van der Waals surface area contributed by atoms with Gasteiger partial charge in [-0.2, -0.15) is 0 Å². The highest BCUT2D eigenvalue weighted by atomic mass is 35.5. The highest BCUT2D eigenvalue weighted by molar-refractivity contribution is 6.31. The van der Waals surface area contributed by atoms with E-state index in [1.807, 2.05) is 18.2 Å². The fourth-order valence-corrected chi connectivity index (χ4v) is 4.29. The molecule has 0 spiro atoms. The summed E-state index contributed by atoms with van der Waals surface area (Å²) in [5.41, 5.74) is 8.10. The molecule has 0 bridgehead atoms. The maximum atomic E-state index is 15.3. The Hall–Kier alpha value is -3.36. The molecule has 0 aliphatic carbocycles. The minimum atomic E-state index is -0.873. The van der Waals surface area contributed by atoms with Crippen LogP contribution in [0.15, 0.2) is 42.7 Å². The normalized spacial score (nSPS) is 12.2. The molecule has 0 fully saturated rings. The van der Waals surface area contributed by atoms with Crippen LogP contribution in [0.25, 0.3) is 5.52 Å². The van der Waals surface area contributed by atoms with Gasteiger partial charge in [0.05, 0.1) is 16.8 Å². The number of nitrogens with zero attached hydrogens (tertiary/aromatic N) is 3. The average Bonchev–Trinajstić information content (AvgIpc) is 3.14. The van der Waals surface area contributed by atoms with Gasteiger partial charge >= 0.3 is 0 Å². The Morgan fingerprint density at radius 2 is 1.89 bits per heavy atom. The number of nitrogens with two attached hydrogens (primary N) is 1. The number of nitrogen functional groups attached to an aromatic ring is 1. The minimum absolute atomic E-state index is 0.0947. The number of carbonyl (C=O) groups excluding carboxylic acids is 1. The summed E-state index contributed by atoms with van der Waals surface area (Å²) in [4.78, 5) is 22.1. The van der Waals surface area contributed by atoms with Crippen LogP contribution in [0.4, 0.5) is 15.9 Å². The van der Waals surface area contributed by atoms with Crippen LogP contribution < -0.4 is 15.8 Å². The standard InChI is InChI=1S/C25H24Cl2FN5O2/c1-12(2)35-22-17(13(3)24-31-14(4)21-23(29)30-9-10-33(21)24)11-18(27)20(28)19(22)25(34)32-16-7-5-15(26)6-8-16/h5-13H,1-4H3,(H2,29,30)(H,32,34). The number of imidazole rings is 1. The summed E-state index contributed by atoms with van der Waals surface area (Å²) in [6.45, 7) is 7.30. The van der Waals surface area contributed by atoms with E-state index in [1.54, 1.807) is 50.5 Å². The molecular formula is C25H24Cl2FN5O2. The summed E-state index contributed by atoms with van der Waals surface area (Å²) in [6, 6.07) is 7.95. The van der Waals surface area contributed by atoms with Crippen molar-refractivity contribution in [2.45, 2.75) is 39.7 Å². The third-order valence-corrected chi connectivity index (χ3v) is 6.05. The van der Waals surface area contributed by atoms with Crippen molar-refractivity contribution in [2.75, 3.05) is 11.1 Å². The molecule has 0 saturated heterocycles. The van der Waals surface area contributed by atoms with E-state index in [9.17, 15) is 4.79 Å². The lowest BCUT2D eigenvalue weighted by Crippen LogP contribution is -2.20. The summed E-state index contributed by atoms with van der Waals surface area (Å²) in [5.74, 6) is -0.956. The predicted octanol–water partition coefficient (Wildman–Crippen LogP) is 6.26. The number of carbonyl (C=O) groups is 1. The van der Waals surface area contributed by atoms with Crippen molar-refractivity contribution >= 4 is 46.1 Å². The Morgan fingerprint density at radius 3 is 2.54 bits per heavy atom. The van der Waals surface area contributed by atoms with Crippen LogP contribution in [0.1, 0.15) is 54.1 Å². The zero-order valence-corrected chi connectivity index (χ0v) is 21.1. The second-order valence-corrected chi connectivity index (χ2v) is 9.25. The van der Waals surface area contributed by atoms with Crippen molar-refractivity contribution in [3.05, 3.63) is 81.2 Å². The molecule has 1 unspecified atom stereocenters. The molecule has 35 heavy (non-hydrogen) atoms. The van der Waals surface area contributed by atoms with Crippen LogP contribution >= 0.6 is 23.2 Å². The van der Waals surface area contributed by atoms with E-state index < -0.39 is 17.6 Å². The highest BCUT2D eigenvalue weighted by Gasteiger charge is 2.30. The first-order valence-corrected chi connectivity index (χ1v) is 11.7. The number of amides is 1. The first-order chi connectivity index (χ1) is 16.6. The Balaban J connectivity index is 1.88. The van der Waals surface area contributed by atoms with Gasteiger partial charge in [-0.3, -0.25) is 9.20 Å². The minimum Gasteiger partial charge on any atom is -0.490 e. The molecule has 2 aromatic carbocycles. The Labute approximate surface area is 212 Å². The number of aromatic nitrogens is 3. The first kappa shape index (κ1) is 24.8. The van der Waals surface area contributed by atoms with E-state index in [0.717, 1.165) is 0 Å². The van der Waals surface area contributed by atoms with Gasteiger partial charge in [0.15, 0.2) is 5.82 Å². The number of benzene rings is 2. The number of nitrogens with one attached hydrogen (secondary N) is 1. The molecule has 182 valence electrons. The molecule has 0 radical (unpaired) electrons. The number of rotatable bonds is 6. The van der Waals surface area contributed by atoms with Crippen molar-refractivity contribution in [1.82, 2.24) is 14.4 Å². The van der Waals surface area contributed by atoms with Crippen LogP contribution in [-0.2, 0) is 0 Å². The first-order valence-electron chi connectivity index (χ1n) is 10.9. The van der Waals surface area contributed by atoms with Crippen LogP contribution in [0.5, 0.6) is 5.75 Å². The second-order valence-electron chi connectivity index (χ2n) is 8.40. The maximum absolute atomic E-state index is 15.3. The van der Waals surface area contributed by atoms with E-state index in [0.29, 0.717) is 39.1 Å². The lowest BCUT2D eigenvalue weighted by atomic mass is 9.95. The average molecular weight is 516 g/mol. The number of halogens is 3. The maximum Gasteiger partial charge on any atom is 0.262 e. The van der Waals surface area contributed by atoms with Crippen LogP contribution in [0, 0.1) is 12.7 Å². The van der Waals surface area contributed by atoms with Crippen LogP contribution in [-0.4, -0.2) is 26.4 Å². The molecule has 3 N–H and O–H groups in total. The van der Waals surface area contributed by atoms with Gasteiger partial charge in [0.1, 0.15) is 28.5 Å². The molecular weight excluding hydrogens is 492 g/mol. The Kier molecular flexibility index (Phi) is 6.87. The van der Waals surface area contributed by atoms with Crippen molar-refractivity contribution in [1.29, 1.82) is 0 Å². The molecule has 2 heterocycles. The molecule has 1 atom stereocenters. The second kappa shape index (κ2) is 9.71. The van der Waals surface area contributed by atoms with E-state index in [-0.39, 0.29) is 22.4 Å². The molecule has 2 aromatic heterocycles. The van der Waals surface area contributed by atoms with Gasteiger partial charge in [0, 0.05) is 34.6 Å². The summed E-state index contributed by atoms with van der Waals surface area (Å²) in [5, 5.41) is 3.00. The van der Waals surface area contributed by atoms with Crippen LogP contribution in [0.2, 0.25) is 10.0 Å². The van der Waals surface area contributed by atoms with Crippen molar-refractivity contribution in [2.24, 2.45) is 0 Å². The third kappa shape index (κ3) is 4.76. The molecule has 1 amide bonds. The number of ether oxygens (including phenoxy) is 1. The van der Waals surface area contributed by atoms with E-state index >= 15 is 4.39 Å². The zero-order chi connectivity index (χ0) is 25.4. The van der Waals surface area contributed by atoms with Gasteiger partial charge in [0.2, 0.25) is 0 Å². The number of fused-ring (bicyclic) bond motifs is 1. The SMILES string of the molecule is Cc1nc(C(C)c2cc(Cl)c(F)c(C(=O)Nc3ccc(Cl)cc3)c2OC(C)C)n2ccnc(N)c12. The lowest BCUT2D eigenvalue weighted by Gasteiger charge is -2.22. The summed E-state index contributed by atoms with van der Waals surface area (Å²) < 4.78 is 23.2. The zero-order valence-electron chi connectivity index (χ0n) is 19.6. The molecule has 0 aliphatic rings. The molecule has 0 saturated carbocycles. The highest BCUT2D eigenvalue weighted by Crippen LogP contribution is 2.40. The quantitative estimate of drug-likeness (QED) is 0.316. The van der Waals surface area contributed by atoms with Gasteiger partial charge < -0.3 is 15.8 Å². The van der Waals surface area contributed by atoms with E-state index in [1.165, 1.54) is 6.07 Å². The smallest absolute Gasteiger partial charge is 0.262 e. The fourth-order valence-electron chi connectivity index (χ4n) is 3.96. The Morgan fingerprint density at radius 1 is 1.20 bits per heavy atom. The molecule has 4 rings (SSSR count). The number of anilines is 2. The topological polar surface area (TPSA) is 94.5 Å². The predicted molar refractivity (Wildman–Crippen MR) is 136 cm³/mol. The fraction of sp³-hybridized carbons (Fsp3) is 0.240. The molecule has 10 heteroatoms. The third-order valence-electron chi connectivity index (χ3n) is 5.52. The van der Waals surface area contributed by atoms with Crippen molar-refractivity contribution < 1.29 is 13.9 Å². The lowest BCUT2D eigenvalue weighted by molar-refractivity contribution is 0.101. The van der Waals surface area contributed by atoms with Crippen molar-refractivity contribution in [3.8, 4) is 5.75 Å². The van der Waals surface area contributed by atoms with Gasteiger partial charge in [-0.1, -0.05) is 30.1 Å². The number of aryl methyl sites for hydroxylation is 1. The van der Waals surface area contributed by atoms with E-state index in [2.05, 4.69) is 15.3 Å². The summed E-state index contributed by atoms with van der Waals surface area (Å²) >= 11 is 12.2. The molecule has 7 nitrogen and oxygen atoms in total. The summed E-state index contributed by atoms with van der Waals surface area (Å²) in [7, 11) is 0. The van der Waals surface area contributed by atoms with Gasteiger partial charge in [0.25, 0.3) is 5.91 Å².